The van der Waals surface area contributed by atoms with Gasteiger partial charge in [0.25, 0.3) is 11.7 Å². The first-order chi connectivity index (χ1) is 9.20. The molecule has 0 bridgehead atoms. The SMILES string of the molecule is CN1C(=O)C(=O)c2cccc(C3=CC=CC=CN3)c21. The van der Waals surface area contributed by atoms with Crippen LogP contribution >= 0.6 is 0 Å². The Bertz CT molecular complexity index is 669. The van der Waals surface area contributed by atoms with E-state index in [1.54, 1.807) is 19.2 Å². The number of para-hydroxylation sites is 1. The van der Waals surface area contributed by atoms with E-state index >= 15 is 0 Å². The van der Waals surface area contributed by atoms with Crippen LogP contribution in [0.3, 0.4) is 0 Å². The second kappa shape index (κ2) is 4.24. The van der Waals surface area contributed by atoms with E-state index in [1.807, 2.05) is 36.6 Å². The van der Waals surface area contributed by atoms with Crippen molar-refractivity contribution in [3.8, 4) is 0 Å². The average molecular weight is 252 g/mol. The summed E-state index contributed by atoms with van der Waals surface area (Å²) in [5.41, 5.74) is 2.83. The van der Waals surface area contributed by atoms with Gasteiger partial charge in [-0.2, -0.15) is 0 Å². The number of hydrogen-bond acceptors (Lipinski definition) is 3. The van der Waals surface area contributed by atoms with Crippen LogP contribution < -0.4 is 10.2 Å². The van der Waals surface area contributed by atoms with Crippen molar-refractivity contribution in [3.63, 3.8) is 0 Å². The molecule has 0 aliphatic carbocycles. The van der Waals surface area contributed by atoms with Crippen molar-refractivity contribution in [2.45, 2.75) is 0 Å². The average Bonchev–Trinajstić information content (AvgIpc) is 2.68. The monoisotopic (exact) mass is 252 g/mol. The van der Waals surface area contributed by atoms with Gasteiger partial charge in [0.2, 0.25) is 0 Å². The van der Waals surface area contributed by atoms with Crippen LogP contribution in [0.1, 0.15) is 15.9 Å². The first kappa shape index (κ1) is 11.5. The van der Waals surface area contributed by atoms with E-state index in [1.165, 1.54) is 4.90 Å². The van der Waals surface area contributed by atoms with E-state index in [9.17, 15) is 9.59 Å². The van der Waals surface area contributed by atoms with Crippen LogP contribution in [-0.4, -0.2) is 18.7 Å². The van der Waals surface area contributed by atoms with Gasteiger partial charge in [0, 0.05) is 24.5 Å². The highest BCUT2D eigenvalue weighted by Gasteiger charge is 2.35. The number of fused-ring (bicyclic) bond motifs is 1. The van der Waals surface area contributed by atoms with Gasteiger partial charge >= 0.3 is 0 Å². The quantitative estimate of drug-likeness (QED) is 0.776. The number of ketones is 1. The maximum absolute atomic E-state index is 11.9. The van der Waals surface area contributed by atoms with E-state index in [0.717, 1.165) is 11.3 Å². The Hall–Kier alpha value is -2.62. The van der Waals surface area contributed by atoms with Crippen LogP contribution in [0.4, 0.5) is 5.69 Å². The number of nitrogens with zero attached hydrogens (tertiary/aromatic N) is 1. The van der Waals surface area contributed by atoms with Crippen molar-refractivity contribution in [1.29, 1.82) is 0 Å². The molecule has 1 N–H and O–H groups in total. The molecular formula is C15H12N2O2. The van der Waals surface area contributed by atoms with Crippen LogP contribution in [0, 0.1) is 0 Å². The van der Waals surface area contributed by atoms with Crippen LogP contribution in [0.2, 0.25) is 0 Å². The Morgan fingerprint density at radius 2 is 1.84 bits per heavy atom. The van der Waals surface area contributed by atoms with Crippen molar-refractivity contribution < 1.29 is 9.59 Å². The molecule has 0 saturated carbocycles. The summed E-state index contributed by atoms with van der Waals surface area (Å²) in [4.78, 5) is 25.0. The fourth-order valence-electron chi connectivity index (χ4n) is 2.30. The highest BCUT2D eigenvalue weighted by molar-refractivity contribution is 6.52. The zero-order chi connectivity index (χ0) is 13.4. The molecule has 1 aromatic carbocycles. The fourth-order valence-corrected chi connectivity index (χ4v) is 2.30. The molecule has 0 fully saturated rings. The summed E-state index contributed by atoms with van der Waals surface area (Å²) in [7, 11) is 1.62. The zero-order valence-corrected chi connectivity index (χ0v) is 10.4. The van der Waals surface area contributed by atoms with Crippen molar-refractivity contribution in [2.75, 3.05) is 11.9 Å². The van der Waals surface area contributed by atoms with Gasteiger partial charge in [0.05, 0.1) is 11.3 Å². The number of carbonyl (C=O) groups excluding carboxylic acids is 2. The number of likely N-dealkylation sites (N-methyl/N-ethyl adjacent to an activating group) is 1. The Labute approximate surface area is 110 Å². The molecule has 4 heteroatoms. The molecule has 0 atom stereocenters. The molecule has 3 rings (SSSR count). The zero-order valence-electron chi connectivity index (χ0n) is 10.4. The third-order valence-electron chi connectivity index (χ3n) is 3.23. The van der Waals surface area contributed by atoms with E-state index < -0.39 is 11.7 Å². The summed E-state index contributed by atoms with van der Waals surface area (Å²) in [5.74, 6) is -0.928. The summed E-state index contributed by atoms with van der Waals surface area (Å²) in [5, 5.41) is 3.15. The number of anilines is 1. The van der Waals surface area contributed by atoms with Crippen LogP contribution in [0.25, 0.3) is 5.70 Å². The first-order valence-corrected chi connectivity index (χ1v) is 5.96. The largest absolute Gasteiger partial charge is 0.361 e. The minimum atomic E-state index is -0.484. The van der Waals surface area contributed by atoms with Crippen molar-refractivity contribution in [2.24, 2.45) is 0 Å². The van der Waals surface area contributed by atoms with Crippen molar-refractivity contribution in [1.82, 2.24) is 5.32 Å². The number of allylic oxidation sites excluding steroid dienone is 4. The lowest BCUT2D eigenvalue weighted by Crippen LogP contribution is -2.25. The normalized spacial score (nSPS) is 17.1. The second-order valence-corrected chi connectivity index (χ2v) is 4.36. The Balaban J connectivity index is 2.18. The van der Waals surface area contributed by atoms with Gasteiger partial charge in [-0.05, 0) is 18.2 Å². The highest BCUT2D eigenvalue weighted by atomic mass is 16.2. The minimum Gasteiger partial charge on any atom is -0.361 e. The summed E-state index contributed by atoms with van der Waals surface area (Å²) in [6.45, 7) is 0. The van der Waals surface area contributed by atoms with Crippen LogP contribution in [-0.2, 0) is 4.79 Å². The van der Waals surface area contributed by atoms with Gasteiger partial charge in [0.1, 0.15) is 0 Å². The van der Waals surface area contributed by atoms with E-state index in [4.69, 9.17) is 0 Å². The fraction of sp³-hybridized carbons (Fsp3) is 0.0667. The molecule has 4 nitrogen and oxygen atoms in total. The lowest BCUT2D eigenvalue weighted by atomic mass is 10.0. The maximum atomic E-state index is 11.9. The van der Waals surface area contributed by atoms with E-state index in [2.05, 4.69) is 5.32 Å². The van der Waals surface area contributed by atoms with Gasteiger partial charge in [0.15, 0.2) is 0 Å². The van der Waals surface area contributed by atoms with Crippen molar-refractivity contribution in [3.05, 3.63) is 59.8 Å². The molecule has 0 unspecified atom stereocenters. The molecule has 2 aliphatic heterocycles. The minimum absolute atomic E-state index is 0.445. The number of amides is 1. The lowest BCUT2D eigenvalue weighted by Gasteiger charge is -2.16. The predicted octanol–water partition coefficient (Wildman–Crippen LogP) is 1.86. The molecule has 0 aromatic heterocycles. The standard InChI is InChI=1S/C15H12N2O2/c1-17-13-10(12-8-3-2-4-9-16-12)6-5-7-11(13)14(18)15(17)19/h2-9,16H,1H3. The summed E-state index contributed by atoms with van der Waals surface area (Å²) in [6.07, 6.45) is 9.42. The van der Waals surface area contributed by atoms with Crippen molar-refractivity contribution >= 4 is 23.1 Å². The topological polar surface area (TPSA) is 49.4 Å². The van der Waals surface area contributed by atoms with E-state index in [0.29, 0.717) is 11.3 Å². The van der Waals surface area contributed by atoms with Crippen LogP contribution in [0.15, 0.2) is 48.7 Å². The molecule has 0 radical (unpaired) electrons. The van der Waals surface area contributed by atoms with Gasteiger partial charge in [-0.15, -0.1) is 0 Å². The number of nitrogens with one attached hydrogen (secondary N) is 1. The molecule has 0 saturated heterocycles. The number of carbonyl (C=O) groups is 2. The van der Waals surface area contributed by atoms with E-state index in [-0.39, 0.29) is 0 Å². The van der Waals surface area contributed by atoms with Crippen LogP contribution in [0.5, 0.6) is 0 Å². The molecule has 1 aromatic rings. The summed E-state index contributed by atoms with van der Waals surface area (Å²) < 4.78 is 0. The number of rotatable bonds is 1. The number of benzene rings is 1. The second-order valence-electron chi connectivity index (χ2n) is 4.36. The smallest absolute Gasteiger partial charge is 0.299 e. The van der Waals surface area contributed by atoms with Gasteiger partial charge in [-0.3, -0.25) is 9.59 Å². The molecule has 2 heterocycles. The third kappa shape index (κ3) is 1.69. The Morgan fingerprint density at radius 3 is 2.68 bits per heavy atom. The third-order valence-corrected chi connectivity index (χ3v) is 3.23. The number of Topliss-reactive ketones (excluding diaryl/α,β-unsaturated/α-hetero) is 1. The molecule has 94 valence electrons. The van der Waals surface area contributed by atoms with Gasteiger partial charge in [-0.25, -0.2) is 0 Å². The molecule has 0 spiro atoms. The number of hydrogen-bond donors (Lipinski definition) is 1. The first-order valence-electron chi connectivity index (χ1n) is 5.96. The van der Waals surface area contributed by atoms with Gasteiger partial charge in [-0.1, -0.05) is 24.3 Å². The molecule has 2 aliphatic rings. The molecule has 1 amide bonds. The summed E-state index contributed by atoms with van der Waals surface area (Å²) in [6, 6.07) is 5.37. The summed E-state index contributed by atoms with van der Waals surface area (Å²) >= 11 is 0. The molecule has 19 heavy (non-hydrogen) atoms. The predicted molar refractivity (Wildman–Crippen MR) is 73.6 cm³/mol. The Morgan fingerprint density at radius 1 is 1.05 bits per heavy atom. The highest BCUT2D eigenvalue weighted by Crippen LogP contribution is 2.34. The Kier molecular flexibility index (Phi) is 2.56. The lowest BCUT2D eigenvalue weighted by molar-refractivity contribution is -0.114. The molecular weight excluding hydrogens is 240 g/mol. The van der Waals surface area contributed by atoms with Gasteiger partial charge < -0.3 is 10.2 Å². The maximum Gasteiger partial charge on any atom is 0.299 e.